The van der Waals surface area contributed by atoms with Gasteiger partial charge >= 0.3 is 5.97 Å². The van der Waals surface area contributed by atoms with Crippen molar-refractivity contribution in [3.63, 3.8) is 0 Å². The Kier molecular flexibility index (Phi) is 6.48. The van der Waals surface area contributed by atoms with E-state index in [1.807, 2.05) is 0 Å². The van der Waals surface area contributed by atoms with Crippen LogP contribution in [-0.2, 0) is 4.79 Å². The highest BCUT2D eigenvalue weighted by atomic mass is 31.0. The minimum atomic E-state index is -0.893. The van der Waals surface area contributed by atoms with Crippen LogP contribution in [0.4, 0.5) is 0 Å². The number of carboxylic acids is 1. The standard InChI is InChI=1S/C7H16NO2P/c8-6(7(9)10)4-2-1-3-5-11/h6H,1-5,8,11H2,(H,9,10)/t6-/m1/s1. The Morgan fingerprint density at radius 3 is 2.55 bits per heavy atom. The Morgan fingerprint density at radius 1 is 1.45 bits per heavy atom. The maximum Gasteiger partial charge on any atom is 0.320 e. The van der Waals surface area contributed by atoms with E-state index in [4.69, 9.17) is 10.8 Å². The number of unbranched alkanes of at least 4 members (excludes halogenated alkanes) is 2. The van der Waals surface area contributed by atoms with Crippen LogP contribution in [0.3, 0.4) is 0 Å². The monoisotopic (exact) mass is 177 g/mol. The zero-order valence-corrected chi connectivity index (χ0v) is 7.78. The van der Waals surface area contributed by atoms with Crippen molar-refractivity contribution in [3.05, 3.63) is 0 Å². The molecule has 0 aliphatic carbocycles. The van der Waals surface area contributed by atoms with Gasteiger partial charge in [0.15, 0.2) is 0 Å². The summed E-state index contributed by atoms with van der Waals surface area (Å²) in [7, 11) is 2.64. The van der Waals surface area contributed by atoms with Crippen LogP contribution in [0.2, 0.25) is 0 Å². The molecule has 11 heavy (non-hydrogen) atoms. The summed E-state index contributed by atoms with van der Waals surface area (Å²) in [6, 6.07) is -0.667. The number of hydrogen-bond donors (Lipinski definition) is 2. The molecule has 0 radical (unpaired) electrons. The van der Waals surface area contributed by atoms with Crippen molar-refractivity contribution in [3.8, 4) is 0 Å². The zero-order chi connectivity index (χ0) is 8.69. The van der Waals surface area contributed by atoms with Gasteiger partial charge in [0.1, 0.15) is 6.04 Å². The molecule has 0 saturated carbocycles. The molecular formula is C7H16NO2P. The molecule has 0 amide bonds. The first-order valence-corrected chi connectivity index (χ1v) is 4.68. The minimum absolute atomic E-state index is 0.597. The van der Waals surface area contributed by atoms with Crippen molar-refractivity contribution in [2.45, 2.75) is 31.7 Å². The van der Waals surface area contributed by atoms with E-state index in [-0.39, 0.29) is 0 Å². The molecule has 0 aromatic rings. The summed E-state index contributed by atoms with van der Waals surface area (Å²) in [6.07, 6.45) is 4.81. The normalized spacial score (nSPS) is 12.9. The van der Waals surface area contributed by atoms with Gasteiger partial charge in [-0.05, 0) is 19.0 Å². The molecule has 0 spiro atoms. The molecule has 0 aromatic heterocycles. The molecule has 0 rings (SSSR count). The van der Waals surface area contributed by atoms with Gasteiger partial charge in [-0.2, -0.15) is 0 Å². The van der Waals surface area contributed by atoms with E-state index in [2.05, 4.69) is 9.24 Å². The van der Waals surface area contributed by atoms with Crippen molar-refractivity contribution in [2.75, 3.05) is 6.16 Å². The second-order valence-electron chi connectivity index (χ2n) is 2.58. The van der Waals surface area contributed by atoms with Gasteiger partial charge in [-0.25, -0.2) is 0 Å². The zero-order valence-electron chi connectivity index (χ0n) is 6.62. The van der Waals surface area contributed by atoms with E-state index in [1.54, 1.807) is 0 Å². The first-order chi connectivity index (χ1) is 5.18. The molecule has 3 N–H and O–H groups in total. The topological polar surface area (TPSA) is 63.3 Å². The van der Waals surface area contributed by atoms with Crippen LogP contribution in [0.15, 0.2) is 0 Å². The largest absolute Gasteiger partial charge is 0.480 e. The Hall–Kier alpha value is -0.140. The van der Waals surface area contributed by atoms with Crippen molar-refractivity contribution in [1.29, 1.82) is 0 Å². The Morgan fingerprint density at radius 2 is 2.09 bits per heavy atom. The third-order valence-corrected chi connectivity index (χ3v) is 1.94. The van der Waals surface area contributed by atoms with Crippen LogP contribution in [0.5, 0.6) is 0 Å². The number of hydrogen-bond acceptors (Lipinski definition) is 2. The molecule has 2 atom stereocenters. The van der Waals surface area contributed by atoms with Crippen LogP contribution < -0.4 is 5.73 Å². The molecule has 3 nitrogen and oxygen atoms in total. The van der Waals surface area contributed by atoms with Crippen LogP contribution in [0, 0.1) is 0 Å². The van der Waals surface area contributed by atoms with Gasteiger partial charge in [0.05, 0.1) is 0 Å². The first-order valence-electron chi connectivity index (χ1n) is 3.87. The Labute approximate surface area is 69.6 Å². The number of carboxylic acid groups (broad SMARTS) is 1. The summed E-state index contributed by atoms with van der Waals surface area (Å²) < 4.78 is 0. The van der Waals surface area contributed by atoms with Crippen molar-refractivity contribution in [1.82, 2.24) is 0 Å². The first kappa shape index (κ1) is 10.9. The highest BCUT2D eigenvalue weighted by Crippen LogP contribution is 2.03. The van der Waals surface area contributed by atoms with E-state index in [1.165, 1.54) is 0 Å². The molecule has 1 unspecified atom stereocenters. The van der Waals surface area contributed by atoms with E-state index in [9.17, 15) is 4.79 Å². The van der Waals surface area contributed by atoms with Crippen LogP contribution in [-0.4, -0.2) is 23.3 Å². The molecular weight excluding hydrogens is 161 g/mol. The van der Waals surface area contributed by atoms with Crippen molar-refractivity contribution >= 4 is 15.2 Å². The summed E-state index contributed by atoms with van der Waals surface area (Å²) in [5, 5.41) is 8.41. The van der Waals surface area contributed by atoms with Crippen LogP contribution in [0.1, 0.15) is 25.7 Å². The maximum atomic E-state index is 10.2. The number of rotatable bonds is 6. The predicted octanol–water partition coefficient (Wildman–Crippen LogP) is 0.834. The Balaban J connectivity index is 3.17. The minimum Gasteiger partial charge on any atom is -0.480 e. The van der Waals surface area contributed by atoms with Crippen molar-refractivity contribution in [2.24, 2.45) is 5.73 Å². The summed E-state index contributed by atoms with van der Waals surface area (Å²) in [4.78, 5) is 10.2. The molecule has 0 aromatic carbocycles. The lowest BCUT2D eigenvalue weighted by Crippen LogP contribution is -2.29. The van der Waals surface area contributed by atoms with Gasteiger partial charge in [-0.1, -0.05) is 12.8 Å². The quantitative estimate of drug-likeness (QED) is 0.466. The van der Waals surface area contributed by atoms with Crippen LogP contribution in [0.25, 0.3) is 0 Å². The highest BCUT2D eigenvalue weighted by Gasteiger charge is 2.09. The highest BCUT2D eigenvalue weighted by molar-refractivity contribution is 7.16. The fourth-order valence-corrected chi connectivity index (χ4v) is 1.10. The summed E-state index contributed by atoms with van der Waals surface area (Å²) >= 11 is 0. The molecule has 66 valence electrons. The van der Waals surface area contributed by atoms with E-state index >= 15 is 0 Å². The number of aliphatic carboxylic acids is 1. The average Bonchev–Trinajstić information content (AvgIpc) is 1.97. The van der Waals surface area contributed by atoms with Gasteiger partial charge in [-0.3, -0.25) is 4.79 Å². The lowest BCUT2D eigenvalue weighted by molar-refractivity contribution is -0.138. The van der Waals surface area contributed by atoms with Gasteiger partial charge < -0.3 is 10.8 Å². The molecule has 0 aliphatic rings. The van der Waals surface area contributed by atoms with E-state index in [0.717, 1.165) is 25.4 Å². The summed E-state index contributed by atoms with van der Waals surface area (Å²) in [6.45, 7) is 0. The maximum absolute atomic E-state index is 10.2. The van der Waals surface area contributed by atoms with Gasteiger partial charge in [0, 0.05) is 0 Å². The molecule has 0 fully saturated rings. The molecule has 0 bridgehead atoms. The van der Waals surface area contributed by atoms with E-state index < -0.39 is 12.0 Å². The lowest BCUT2D eigenvalue weighted by Gasteiger charge is -2.04. The van der Waals surface area contributed by atoms with Gasteiger partial charge in [0.25, 0.3) is 0 Å². The number of carbonyl (C=O) groups is 1. The average molecular weight is 177 g/mol. The summed E-state index contributed by atoms with van der Waals surface area (Å²) in [5.41, 5.74) is 5.29. The van der Waals surface area contributed by atoms with Gasteiger partial charge in [-0.15, -0.1) is 9.24 Å². The second-order valence-corrected chi connectivity index (χ2v) is 3.16. The molecule has 0 aliphatic heterocycles. The van der Waals surface area contributed by atoms with Gasteiger partial charge in [0.2, 0.25) is 0 Å². The third-order valence-electron chi connectivity index (χ3n) is 1.54. The molecule has 0 saturated heterocycles. The third kappa shape index (κ3) is 6.27. The fraction of sp³-hybridized carbons (Fsp3) is 0.857. The predicted molar refractivity (Wildman–Crippen MR) is 48.7 cm³/mol. The lowest BCUT2D eigenvalue weighted by atomic mass is 10.1. The molecule has 4 heteroatoms. The van der Waals surface area contributed by atoms with Crippen LogP contribution >= 0.6 is 9.24 Å². The number of nitrogens with two attached hydrogens (primary N) is 1. The Bertz CT molecular complexity index is 119. The second kappa shape index (κ2) is 6.56. The molecule has 0 heterocycles. The fourth-order valence-electron chi connectivity index (χ4n) is 0.809. The van der Waals surface area contributed by atoms with E-state index in [0.29, 0.717) is 6.42 Å². The van der Waals surface area contributed by atoms with Crippen molar-refractivity contribution < 1.29 is 9.90 Å². The smallest absolute Gasteiger partial charge is 0.320 e. The SMILES string of the molecule is N[C@H](CCCCCP)C(=O)O. The summed E-state index contributed by atoms with van der Waals surface area (Å²) in [5.74, 6) is -0.893.